The molecule has 0 bridgehead atoms. The Kier molecular flexibility index (Phi) is 4.72. The smallest absolute Gasteiger partial charge is 0.0951 e. The van der Waals surface area contributed by atoms with E-state index >= 15 is 0 Å². The van der Waals surface area contributed by atoms with Gasteiger partial charge in [0.1, 0.15) is 0 Å². The van der Waals surface area contributed by atoms with Crippen LogP contribution in [0.1, 0.15) is 32.4 Å². The fourth-order valence-corrected chi connectivity index (χ4v) is 1.26. The molecule has 84 valence electrons. The van der Waals surface area contributed by atoms with Crippen molar-refractivity contribution in [2.75, 3.05) is 6.54 Å². The lowest BCUT2D eigenvalue weighted by Crippen LogP contribution is -2.24. The number of rotatable bonds is 5. The summed E-state index contributed by atoms with van der Waals surface area (Å²) in [7, 11) is 0. The molecule has 0 fully saturated rings. The lowest BCUT2D eigenvalue weighted by Gasteiger charge is -2.23. The Labute approximate surface area is 91.7 Å². The van der Waals surface area contributed by atoms with Gasteiger partial charge in [-0.1, -0.05) is 13.8 Å². The van der Waals surface area contributed by atoms with E-state index in [2.05, 4.69) is 25.8 Å². The van der Waals surface area contributed by atoms with Gasteiger partial charge in [-0.05, 0) is 30.5 Å². The Morgan fingerprint density at radius 1 is 1.27 bits per heavy atom. The predicted octanol–water partition coefficient (Wildman–Crippen LogP) is 2.14. The minimum atomic E-state index is -0.0228. The van der Waals surface area contributed by atoms with E-state index in [1.165, 1.54) is 0 Å². The summed E-state index contributed by atoms with van der Waals surface area (Å²) in [6.07, 6.45) is 3.72. The quantitative estimate of drug-likeness (QED) is 0.806. The summed E-state index contributed by atoms with van der Waals surface area (Å²) in [4.78, 5) is 3.98. The van der Waals surface area contributed by atoms with E-state index in [0.29, 0.717) is 12.5 Å². The summed E-state index contributed by atoms with van der Waals surface area (Å²) < 4.78 is 5.89. The fraction of sp³-hybridized carbons (Fsp3) is 0.583. The minimum absolute atomic E-state index is 0.0228. The van der Waals surface area contributed by atoms with Crippen LogP contribution in [0.5, 0.6) is 0 Å². The molecule has 1 aromatic heterocycles. The van der Waals surface area contributed by atoms with E-state index < -0.39 is 0 Å². The lowest BCUT2D eigenvalue weighted by atomic mass is 10.1. The number of hydrogen-bond donors (Lipinski definition) is 1. The molecule has 1 heterocycles. The molecule has 2 atom stereocenters. The fourth-order valence-electron chi connectivity index (χ4n) is 1.26. The Morgan fingerprint density at radius 3 is 2.33 bits per heavy atom. The van der Waals surface area contributed by atoms with Gasteiger partial charge in [0.25, 0.3) is 0 Å². The van der Waals surface area contributed by atoms with Crippen molar-refractivity contribution in [1.29, 1.82) is 0 Å². The molecule has 0 aromatic carbocycles. The van der Waals surface area contributed by atoms with Crippen molar-refractivity contribution < 1.29 is 4.74 Å². The molecule has 0 amide bonds. The van der Waals surface area contributed by atoms with Crippen molar-refractivity contribution in [3.63, 3.8) is 0 Å². The highest BCUT2D eigenvalue weighted by atomic mass is 16.5. The molecule has 0 radical (unpaired) electrons. The van der Waals surface area contributed by atoms with Crippen LogP contribution in [0.4, 0.5) is 0 Å². The monoisotopic (exact) mass is 208 g/mol. The molecular formula is C12H20N2O. The highest BCUT2D eigenvalue weighted by Gasteiger charge is 2.15. The molecule has 0 aliphatic heterocycles. The summed E-state index contributed by atoms with van der Waals surface area (Å²) in [6.45, 7) is 6.87. The standard InChI is InChI=1S/C12H20N2O/c1-9(2)10(3)15-12(8-13)11-4-6-14-7-5-11/h4-7,9-10,12H,8,13H2,1-3H3. The molecule has 3 heteroatoms. The van der Waals surface area contributed by atoms with Crippen molar-refractivity contribution in [1.82, 2.24) is 4.98 Å². The number of aromatic nitrogens is 1. The average molecular weight is 208 g/mol. The number of nitrogens with two attached hydrogens (primary N) is 1. The molecular weight excluding hydrogens is 188 g/mol. The molecule has 0 saturated heterocycles. The molecule has 1 aromatic rings. The van der Waals surface area contributed by atoms with Crippen molar-refractivity contribution in [2.45, 2.75) is 33.0 Å². The van der Waals surface area contributed by atoms with Crippen LogP contribution < -0.4 is 5.73 Å². The second-order valence-electron chi connectivity index (χ2n) is 4.09. The van der Waals surface area contributed by atoms with E-state index in [1.807, 2.05) is 12.1 Å². The number of nitrogens with zero attached hydrogens (tertiary/aromatic N) is 1. The van der Waals surface area contributed by atoms with Gasteiger partial charge in [-0.3, -0.25) is 4.98 Å². The van der Waals surface area contributed by atoms with Gasteiger partial charge in [-0.25, -0.2) is 0 Å². The predicted molar refractivity (Wildman–Crippen MR) is 61.4 cm³/mol. The summed E-state index contributed by atoms with van der Waals surface area (Å²) in [5.41, 5.74) is 6.81. The third-order valence-electron chi connectivity index (χ3n) is 2.61. The summed E-state index contributed by atoms with van der Waals surface area (Å²) >= 11 is 0. The van der Waals surface area contributed by atoms with Gasteiger partial charge in [-0.15, -0.1) is 0 Å². The van der Waals surface area contributed by atoms with Gasteiger partial charge in [0.2, 0.25) is 0 Å². The molecule has 15 heavy (non-hydrogen) atoms. The van der Waals surface area contributed by atoms with Crippen LogP contribution in [0.3, 0.4) is 0 Å². The van der Waals surface area contributed by atoms with E-state index in [0.717, 1.165) is 5.56 Å². The maximum atomic E-state index is 5.89. The minimum Gasteiger partial charge on any atom is -0.369 e. The molecule has 0 aliphatic carbocycles. The van der Waals surface area contributed by atoms with Crippen LogP contribution in [0.2, 0.25) is 0 Å². The van der Waals surface area contributed by atoms with Gasteiger partial charge in [0, 0.05) is 18.9 Å². The molecule has 0 saturated carbocycles. The lowest BCUT2D eigenvalue weighted by molar-refractivity contribution is -0.0221. The van der Waals surface area contributed by atoms with Gasteiger partial charge >= 0.3 is 0 Å². The second kappa shape index (κ2) is 5.83. The first kappa shape index (κ1) is 12.1. The third kappa shape index (κ3) is 3.61. The Morgan fingerprint density at radius 2 is 1.87 bits per heavy atom. The maximum absolute atomic E-state index is 5.89. The number of pyridine rings is 1. The molecule has 2 unspecified atom stereocenters. The van der Waals surface area contributed by atoms with E-state index in [4.69, 9.17) is 10.5 Å². The Hall–Kier alpha value is -0.930. The van der Waals surface area contributed by atoms with Crippen LogP contribution in [0.15, 0.2) is 24.5 Å². The molecule has 3 nitrogen and oxygen atoms in total. The maximum Gasteiger partial charge on any atom is 0.0951 e. The first-order chi connectivity index (χ1) is 7.15. The van der Waals surface area contributed by atoms with E-state index in [9.17, 15) is 0 Å². The second-order valence-corrected chi connectivity index (χ2v) is 4.09. The number of hydrogen-bond acceptors (Lipinski definition) is 3. The first-order valence-electron chi connectivity index (χ1n) is 5.40. The van der Waals surface area contributed by atoms with Crippen molar-refractivity contribution in [2.24, 2.45) is 11.7 Å². The molecule has 1 rings (SSSR count). The van der Waals surface area contributed by atoms with Gasteiger partial charge < -0.3 is 10.5 Å². The zero-order chi connectivity index (χ0) is 11.3. The molecule has 0 aliphatic rings. The largest absolute Gasteiger partial charge is 0.369 e. The highest BCUT2D eigenvalue weighted by molar-refractivity contribution is 5.13. The summed E-state index contributed by atoms with van der Waals surface area (Å²) in [5, 5.41) is 0. The van der Waals surface area contributed by atoms with Gasteiger partial charge in [0.05, 0.1) is 12.2 Å². The van der Waals surface area contributed by atoms with Gasteiger partial charge in [-0.2, -0.15) is 0 Å². The Bertz CT molecular complexity index is 274. The van der Waals surface area contributed by atoms with Crippen molar-refractivity contribution in [3.8, 4) is 0 Å². The van der Waals surface area contributed by atoms with Crippen LogP contribution in [-0.4, -0.2) is 17.6 Å². The van der Waals surface area contributed by atoms with E-state index in [-0.39, 0.29) is 12.2 Å². The highest BCUT2D eigenvalue weighted by Crippen LogP contribution is 2.19. The summed E-state index contributed by atoms with van der Waals surface area (Å²) in [6, 6.07) is 3.90. The zero-order valence-corrected chi connectivity index (χ0v) is 9.68. The number of ether oxygens (including phenoxy) is 1. The normalized spacial score (nSPS) is 15.3. The topological polar surface area (TPSA) is 48.1 Å². The third-order valence-corrected chi connectivity index (χ3v) is 2.61. The SMILES string of the molecule is CC(C)C(C)OC(CN)c1ccncc1. The van der Waals surface area contributed by atoms with Crippen LogP contribution >= 0.6 is 0 Å². The van der Waals surface area contributed by atoms with Crippen LogP contribution in [-0.2, 0) is 4.74 Å². The Balaban J connectivity index is 2.65. The summed E-state index contributed by atoms with van der Waals surface area (Å²) in [5.74, 6) is 0.501. The van der Waals surface area contributed by atoms with E-state index in [1.54, 1.807) is 12.4 Å². The average Bonchev–Trinajstić information content (AvgIpc) is 2.26. The molecule has 0 spiro atoms. The van der Waals surface area contributed by atoms with Crippen molar-refractivity contribution >= 4 is 0 Å². The van der Waals surface area contributed by atoms with Crippen LogP contribution in [0.25, 0.3) is 0 Å². The zero-order valence-electron chi connectivity index (χ0n) is 9.68. The van der Waals surface area contributed by atoms with Crippen LogP contribution in [0, 0.1) is 5.92 Å². The van der Waals surface area contributed by atoms with Crippen molar-refractivity contribution in [3.05, 3.63) is 30.1 Å². The van der Waals surface area contributed by atoms with Gasteiger partial charge in [0.15, 0.2) is 0 Å². The molecule has 2 N–H and O–H groups in total. The first-order valence-corrected chi connectivity index (χ1v) is 5.40.